The quantitative estimate of drug-likeness (QED) is 0.590. The SMILES string of the molecule is Cn1c(=O)[nH]c2cc(C(=O)Nc3nnc(-c4cccs4)s3)ccc21. The summed E-state index contributed by atoms with van der Waals surface area (Å²) in [5, 5.41) is 14.0. The first-order valence-electron chi connectivity index (χ1n) is 6.99. The fraction of sp³-hybridized carbons (Fsp3) is 0.0667. The number of nitrogens with one attached hydrogen (secondary N) is 2. The van der Waals surface area contributed by atoms with E-state index < -0.39 is 0 Å². The van der Waals surface area contributed by atoms with Crippen LogP contribution in [0.2, 0.25) is 0 Å². The zero-order chi connectivity index (χ0) is 16.7. The third-order valence-electron chi connectivity index (χ3n) is 3.54. The molecule has 2 N–H and O–H groups in total. The van der Waals surface area contributed by atoms with Gasteiger partial charge in [0.15, 0.2) is 5.01 Å². The van der Waals surface area contributed by atoms with Crippen molar-refractivity contribution in [2.24, 2.45) is 7.05 Å². The normalized spacial score (nSPS) is 11.0. The van der Waals surface area contributed by atoms with Crippen LogP contribution in [0.4, 0.5) is 5.13 Å². The van der Waals surface area contributed by atoms with Crippen molar-refractivity contribution in [1.82, 2.24) is 19.7 Å². The lowest BCUT2D eigenvalue weighted by Gasteiger charge is -2.01. The maximum absolute atomic E-state index is 12.4. The second kappa shape index (κ2) is 5.69. The Hall–Kier alpha value is -2.78. The molecule has 24 heavy (non-hydrogen) atoms. The van der Waals surface area contributed by atoms with Crippen molar-refractivity contribution >= 4 is 44.7 Å². The van der Waals surface area contributed by atoms with Gasteiger partial charge in [0.2, 0.25) is 5.13 Å². The first-order chi connectivity index (χ1) is 11.6. The molecule has 7 nitrogen and oxygen atoms in total. The number of aromatic nitrogens is 4. The smallest absolute Gasteiger partial charge is 0.306 e. The van der Waals surface area contributed by atoms with Crippen LogP contribution in [0.3, 0.4) is 0 Å². The Bertz CT molecular complexity index is 1090. The van der Waals surface area contributed by atoms with Crippen LogP contribution in [0.1, 0.15) is 10.4 Å². The molecule has 0 fully saturated rings. The second-order valence-corrected chi connectivity index (χ2v) is 6.99. The number of H-pyrrole nitrogens is 1. The van der Waals surface area contributed by atoms with E-state index >= 15 is 0 Å². The van der Waals surface area contributed by atoms with Gasteiger partial charge in [0.05, 0.1) is 15.9 Å². The summed E-state index contributed by atoms with van der Waals surface area (Å²) in [4.78, 5) is 27.7. The molecule has 4 aromatic rings. The first kappa shape index (κ1) is 14.8. The number of thiophene rings is 1. The lowest BCUT2D eigenvalue weighted by molar-refractivity contribution is 0.102. The average Bonchev–Trinajstić information content (AvgIpc) is 3.29. The number of carbonyl (C=O) groups is 1. The highest BCUT2D eigenvalue weighted by atomic mass is 32.1. The fourth-order valence-corrected chi connectivity index (χ4v) is 3.85. The number of nitrogens with zero attached hydrogens (tertiary/aromatic N) is 3. The number of hydrogen-bond donors (Lipinski definition) is 2. The molecule has 0 atom stereocenters. The molecular formula is C15H11N5O2S2. The third-order valence-corrected chi connectivity index (χ3v) is 5.42. The van der Waals surface area contributed by atoms with Gasteiger partial charge in [-0.2, -0.15) is 0 Å². The van der Waals surface area contributed by atoms with Crippen LogP contribution >= 0.6 is 22.7 Å². The van der Waals surface area contributed by atoms with Gasteiger partial charge in [0.25, 0.3) is 5.91 Å². The zero-order valence-corrected chi connectivity index (χ0v) is 14.1. The maximum Gasteiger partial charge on any atom is 0.326 e. The standard InChI is InChI=1S/C15H11N5O2S2/c1-20-10-5-4-8(7-9(10)16-15(20)22)12(21)17-14-19-18-13(24-14)11-3-2-6-23-11/h2-7H,1H3,(H,16,22)(H,17,19,21). The van der Waals surface area contributed by atoms with Crippen molar-refractivity contribution < 1.29 is 4.79 Å². The Morgan fingerprint density at radius 1 is 1.29 bits per heavy atom. The van der Waals surface area contributed by atoms with Gasteiger partial charge < -0.3 is 4.98 Å². The third kappa shape index (κ3) is 2.53. The molecular weight excluding hydrogens is 346 g/mol. The lowest BCUT2D eigenvalue weighted by Crippen LogP contribution is -2.11. The molecule has 9 heteroatoms. The summed E-state index contributed by atoms with van der Waals surface area (Å²) in [7, 11) is 1.67. The topological polar surface area (TPSA) is 92.7 Å². The van der Waals surface area contributed by atoms with E-state index in [1.807, 2.05) is 17.5 Å². The zero-order valence-electron chi connectivity index (χ0n) is 12.4. The van der Waals surface area contributed by atoms with Crippen LogP contribution < -0.4 is 11.0 Å². The Morgan fingerprint density at radius 2 is 2.17 bits per heavy atom. The summed E-state index contributed by atoms with van der Waals surface area (Å²) in [5.41, 5.74) is 1.59. The summed E-state index contributed by atoms with van der Waals surface area (Å²) < 4.78 is 1.50. The van der Waals surface area contributed by atoms with Crippen LogP contribution in [0, 0.1) is 0 Å². The number of hydrogen-bond acceptors (Lipinski definition) is 6. The minimum atomic E-state index is -0.296. The predicted octanol–water partition coefficient (Wildman–Crippen LogP) is 2.70. The molecule has 4 rings (SSSR count). The van der Waals surface area contributed by atoms with Gasteiger partial charge >= 0.3 is 5.69 Å². The number of aromatic amines is 1. The van der Waals surface area contributed by atoms with Crippen LogP contribution in [-0.4, -0.2) is 25.7 Å². The van der Waals surface area contributed by atoms with E-state index in [1.165, 1.54) is 15.9 Å². The molecule has 0 aliphatic rings. The van der Waals surface area contributed by atoms with E-state index in [1.54, 1.807) is 36.6 Å². The molecule has 120 valence electrons. The van der Waals surface area contributed by atoms with Crippen molar-refractivity contribution in [3.05, 3.63) is 51.8 Å². The Balaban J connectivity index is 1.59. The summed E-state index contributed by atoms with van der Waals surface area (Å²) in [5.74, 6) is -0.296. The van der Waals surface area contributed by atoms with Gasteiger partial charge in [-0.1, -0.05) is 17.4 Å². The molecule has 1 aromatic carbocycles. The van der Waals surface area contributed by atoms with E-state index in [0.29, 0.717) is 16.2 Å². The lowest BCUT2D eigenvalue weighted by atomic mass is 10.2. The number of imidazole rings is 1. The Morgan fingerprint density at radius 3 is 2.96 bits per heavy atom. The Kier molecular flexibility index (Phi) is 3.51. The highest BCUT2D eigenvalue weighted by Gasteiger charge is 2.13. The molecule has 0 aliphatic carbocycles. The minimum Gasteiger partial charge on any atom is -0.306 e. The van der Waals surface area contributed by atoms with Gasteiger partial charge in [-0.3, -0.25) is 14.7 Å². The van der Waals surface area contributed by atoms with E-state index in [-0.39, 0.29) is 11.6 Å². The number of fused-ring (bicyclic) bond motifs is 1. The van der Waals surface area contributed by atoms with Crippen molar-refractivity contribution in [2.45, 2.75) is 0 Å². The number of aryl methyl sites for hydroxylation is 1. The average molecular weight is 357 g/mol. The fourth-order valence-electron chi connectivity index (χ4n) is 2.32. The summed E-state index contributed by atoms with van der Waals surface area (Å²) in [6.07, 6.45) is 0. The van der Waals surface area contributed by atoms with Crippen LogP contribution in [0.25, 0.3) is 20.9 Å². The highest BCUT2D eigenvalue weighted by molar-refractivity contribution is 7.23. The molecule has 3 aromatic heterocycles. The molecule has 0 aliphatic heterocycles. The molecule has 1 amide bonds. The highest BCUT2D eigenvalue weighted by Crippen LogP contribution is 2.29. The first-order valence-corrected chi connectivity index (χ1v) is 8.69. The van der Waals surface area contributed by atoms with Crippen molar-refractivity contribution in [2.75, 3.05) is 5.32 Å². The molecule has 0 radical (unpaired) electrons. The summed E-state index contributed by atoms with van der Waals surface area (Å²) in [6.45, 7) is 0. The minimum absolute atomic E-state index is 0.215. The molecule has 0 spiro atoms. The predicted molar refractivity (Wildman–Crippen MR) is 94.7 cm³/mol. The van der Waals surface area contributed by atoms with E-state index in [4.69, 9.17) is 0 Å². The van der Waals surface area contributed by atoms with Crippen molar-refractivity contribution in [3.8, 4) is 9.88 Å². The number of anilines is 1. The van der Waals surface area contributed by atoms with Crippen molar-refractivity contribution in [1.29, 1.82) is 0 Å². The largest absolute Gasteiger partial charge is 0.326 e. The van der Waals surface area contributed by atoms with E-state index in [9.17, 15) is 9.59 Å². The number of carbonyl (C=O) groups excluding carboxylic acids is 1. The number of benzene rings is 1. The number of rotatable bonds is 3. The summed E-state index contributed by atoms with van der Waals surface area (Å²) in [6, 6.07) is 8.95. The van der Waals surface area contributed by atoms with Gasteiger partial charge in [0.1, 0.15) is 0 Å². The maximum atomic E-state index is 12.4. The molecule has 0 saturated heterocycles. The van der Waals surface area contributed by atoms with Crippen LogP contribution in [0.5, 0.6) is 0 Å². The summed E-state index contributed by atoms with van der Waals surface area (Å²) >= 11 is 2.89. The molecule has 0 saturated carbocycles. The molecule has 0 bridgehead atoms. The van der Waals surface area contributed by atoms with Crippen LogP contribution in [-0.2, 0) is 7.05 Å². The van der Waals surface area contributed by atoms with Crippen molar-refractivity contribution in [3.63, 3.8) is 0 Å². The van der Waals surface area contributed by atoms with Gasteiger partial charge in [0, 0.05) is 12.6 Å². The van der Waals surface area contributed by atoms with Gasteiger partial charge in [-0.25, -0.2) is 4.79 Å². The van der Waals surface area contributed by atoms with Gasteiger partial charge in [-0.05, 0) is 29.6 Å². The monoisotopic (exact) mass is 357 g/mol. The molecule has 0 unspecified atom stereocenters. The second-order valence-electron chi connectivity index (χ2n) is 5.06. The molecule has 3 heterocycles. The Labute approximate surface area is 143 Å². The van der Waals surface area contributed by atoms with E-state index in [0.717, 1.165) is 15.4 Å². The van der Waals surface area contributed by atoms with Crippen LogP contribution in [0.15, 0.2) is 40.5 Å². The van der Waals surface area contributed by atoms with Gasteiger partial charge in [-0.15, -0.1) is 21.5 Å². The number of amides is 1. The van der Waals surface area contributed by atoms with E-state index in [2.05, 4.69) is 20.5 Å².